The molecular formula is C14H23NO5. The Morgan fingerprint density at radius 2 is 1.40 bits per heavy atom. The molecule has 0 aliphatic rings. The van der Waals surface area contributed by atoms with Crippen LogP contribution >= 0.6 is 0 Å². The van der Waals surface area contributed by atoms with Gasteiger partial charge in [0, 0.05) is 32.0 Å². The highest BCUT2D eigenvalue weighted by Gasteiger charge is 2.04. The fourth-order valence-electron chi connectivity index (χ4n) is 1.22. The van der Waals surface area contributed by atoms with E-state index in [9.17, 15) is 10.1 Å². The highest BCUT2D eigenvalue weighted by Crippen LogP contribution is 2.10. The molecular weight excluding hydrogens is 262 g/mol. The third-order valence-electron chi connectivity index (χ3n) is 2.15. The molecule has 0 heterocycles. The Balaban J connectivity index is 0.000000361. The minimum Gasteiger partial charge on any atom is -0.330 e. The van der Waals surface area contributed by atoms with Gasteiger partial charge in [0.05, 0.1) is 4.92 Å². The minimum absolute atomic E-state index is 0.144. The van der Waals surface area contributed by atoms with Crippen molar-refractivity contribution >= 4 is 5.69 Å². The molecule has 1 rings (SSSR count). The SMILES string of the molecule is CCOC(OCC)OCC.Cc1ccc([N+](=O)[O-])cc1. The molecule has 0 amide bonds. The Bertz CT molecular complexity index is 352. The molecule has 1 aromatic carbocycles. The topological polar surface area (TPSA) is 70.8 Å². The number of hydrogen-bond donors (Lipinski definition) is 0. The highest BCUT2D eigenvalue weighted by molar-refractivity contribution is 5.31. The number of nitro groups is 1. The standard InChI is InChI=1S/C7H7NO2.C7H16O3/c1-6-2-4-7(5-3-6)8(9)10;1-4-8-7(9-5-2)10-6-3/h2-5H,1H3;7H,4-6H2,1-3H3. The van der Waals surface area contributed by atoms with Gasteiger partial charge in [-0.25, -0.2) is 0 Å². The molecule has 0 N–H and O–H groups in total. The normalized spacial score (nSPS) is 10.1. The molecule has 1 aromatic rings. The maximum absolute atomic E-state index is 10.1. The number of hydrogen-bond acceptors (Lipinski definition) is 5. The van der Waals surface area contributed by atoms with E-state index in [1.807, 2.05) is 27.7 Å². The summed E-state index contributed by atoms with van der Waals surface area (Å²) in [5, 5.41) is 10.1. The summed E-state index contributed by atoms with van der Waals surface area (Å²) < 4.78 is 15.2. The Morgan fingerprint density at radius 1 is 1.00 bits per heavy atom. The van der Waals surface area contributed by atoms with Gasteiger partial charge in [-0.1, -0.05) is 17.7 Å². The number of rotatable bonds is 7. The molecule has 0 aromatic heterocycles. The fourth-order valence-corrected chi connectivity index (χ4v) is 1.22. The molecule has 6 heteroatoms. The Kier molecular flexibility index (Phi) is 10.5. The van der Waals surface area contributed by atoms with Crippen LogP contribution in [0.1, 0.15) is 26.3 Å². The maximum Gasteiger partial charge on any atom is 0.271 e. The number of aryl methyl sites for hydroxylation is 1. The first kappa shape index (κ1) is 18.5. The van der Waals surface area contributed by atoms with E-state index in [0.29, 0.717) is 19.8 Å². The van der Waals surface area contributed by atoms with Crippen LogP contribution in [0.5, 0.6) is 0 Å². The highest BCUT2D eigenvalue weighted by atomic mass is 16.8. The van der Waals surface area contributed by atoms with Crippen LogP contribution in [0.15, 0.2) is 24.3 Å². The summed E-state index contributed by atoms with van der Waals surface area (Å²) in [6.07, 6.45) is 0. The van der Waals surface area contributed by atoms with E-state index in [1.165, 1.54) is 12.1 Å². The molecule has 0 bridgehead atoms. The second-order valence-corrected chi connectivity index (χ2v) is 3.75. The summed E-state index contributed by atoms with van der Waals surface area (Å²) in [5.41, 5.74) is 1.18. The second kappa shape index (κ2) is 11.3. The van der Waals surface area contributed by atoms with Crippen molar-refractivity contribution in [1.29, 1.82) is 0 Å². The van der Waals surface area contributed by atoms with Gasteiger partial charge in [-0.15, -0.1) is 0 Å². The first-order chi connectivity index (χ1) is 9.54. The van der Waals surface area contributed by atoms with Crippen LogP contribution in [0.25, 0.3) is 0 Å². The molecule has 114 valence electrons. The van der Waals surface area contributed by atoms with E-state index >= 15 is 0 Å². The van der Waals surface area contributed by atoms with E-state index in [0.717, 1.165) is 5.56 Å². The molecule has 0 radical (unpaired) electrons. The van der Waals surface area contributed by atoms with E-state index in [-0.39, 0.29) is 5.69 Å². The van der Waals surface area contributed by atoms with Crippen LogP contribution in [-0.2, 0) is 14.2 Å². The van der Waals surface area contributed by atoms with Crippen LogP contribution in [0.3, 0.4) is 0 Å². The fraction of sp³-hybridized carbons (Fsp3) is 0.571. The number of nitrogens with zero attached hydrogens (tertiary/aromatic N) is 1. The summed E-state index contributed by atoms with van der Waals surface area (Å²) >= 11 is 0. The largest absolute Gasteiger partial charge is 0.330 e. The Hall–Kier alpha value is -1.50. The van der Waals surface area contributed by atoms with E-state index in [2.05, 4.69) is 0 Å². The van der Waals surface area contributed by atoms with Gasteiger partial charge in [-0.05, 0) is 27.7 Å². The van der Waals surface area contributed by atoms with Crippen molar-refractivity contribution in [3.05, 3.63) is 39.9 Å². The van der Waals surface area contributed by atoms with Gasteiger partial charge in [0.1, 0.15) is 0 Å². The second-order valence-electron chi connectivity index (χ2n) is 3.75. The van der Waals surface area contributed by atoms with Gasteiger partial charge < -0.3 is 14.2 Å². The molecule has 20 heavy (non-hydrogen) atoms. The van der Waals surface area contributed by atoms with Crippen LogP contribution in [0.2, 0.25) is 0 Å². The first-order valence-corrected chi connectivity index (χ1v) is 6.60. The first-order valence-electron chi connectivity index (χ1n) is 6.60. The van der Waals surface area contributed by atoms with Crippen LogP contribution < -0.4 is 0 Å². The van der Waals surface area contributed by atoms with Gasteiger partial charge in [0.2, 0.25) is 0 Å². The lowest BCUT2D eigenvalue weighted by atomic mass is 10.2. The number of non-ortho nitro benzene ring substituents is 1. The van der Waals surface area contributed by atoms with Crippen molar-refractivity contribution in [3.8, 4) is 0 Å². The molecule has 0 atom stereocenters. The monoisotopic (exact) mass is 285 g/mol. The average molecular weight is 285 g/mol. The zero-order chi connectivity index (χ0) is 15.4. The lowest BCUT2D eigenvalue weighted by Crippen LogP contribution is -2.20. The molecule has 0 saturated carbocycles. The zero-order valence-corrected chi connectivity index (χ0v) is 12.5. The molecule has 0 aliphatic heterocycles. The quantitative estimate of drug-likeness (QED) is 0.437. The predicted octanol–water partition coefficient (Wildman–Crippen LogP) is 3.28. The van der Waals surface area contributed by atoms with Crippen molar-refractivity contribution < 1.29 is 19.1 Å². The lowest BCUT2D eigenvalue weighted by Gasteiger charge is -2.15. The third kappa shape index (κ3) is 8.58. The number of ether oxygens (including phenoxy) is 3. The number of benzene rings is 1. The van der Waals surface area contributed by atoms with Crippen molar-refractivity contribution in [3.63, 3.8) is 0 Å². The van der Waals surface area contributed by atoms with Crippen molar-refractivity contribution in [2.24, 2.45) is 0 Å². The van der Waals surface area contributed by atoms with Crippen molar-refractivity contribution in [1.82, 2.24) is 0 Å². The summed E-state index contributed by atoms with van der Waals surface area (Å²) in [5.74, 6) is 0. The van der Waals surface area contributed by atoms with Gasteiger partial charge in [-0.3, -0.25) is 10.1 Å². The molecule has 0 saturated heterocycles. The zero-order valence-electron chi connectivity index (χ0n) is 12.5. The van der Waals surface area contributed by atoms with E-state index in [1.54, 1.807) is 12.1 Å². The maximum atomic E-state index is 10.1. The molecule has 0 aliphatic carbocycles. The summed E-state index contributed by atoms with van der Waals surface area (Å²) in [4.78, 5) is 9.71. The summed E-state index contributed by atoms with van der Waals surface area (Å²) in [6, 6.07) is 6.43. The van der Waals surface area contributed by atoms with E-state index < -0.39 is 11.4 Å². The van der Waals surface area contributed by atoms with Gasteiger partial charge in [-0.2, -0.15) is 0 Å². The predicted molar refractivity (Wildman–Crippen MR) is 76.5 cm³/mol. The third-order valence-corrected chi connectivity index (χ3v) is 2.15. The summed E-state index contributed by atoms with van der Waals surface area (Å²) in [6.45, 7) is 8.99. The van der Waals surface area contributed by atoms with Crippen LogP contribution in [-0.4, -0.2) is 31.2 Å². The lowest BCUT2D eigenvalue weighted by molar-refractivity contribution is -0.384. The molecule has 0 unspecified atom stereocenters. The minimum atomic E-state index is -0.472. The smallest absolute Gasteiger partial charge is 0.271 e. The molecule has 6 nitrogen and oxygen atoms in total. The van der Waals surface area contributed by atoms with Crippen LogP contribution in [0.4, 0.5) is 5.69 Å². The van der Waals surface area contributed by atoms with Gasteiger partial charge in [0.15, 0.2) is 0 Å². The average Bonchev–Trinajstić information content (AvgIpc) is 2.41. The van der Waals surface area contributed by atoms with Gasteiger partial charge in [0.25, 0.3) is 12.2 Å². The van der Waals surface area contributed by atoms with Gasteiger partial charge >= 0.3 is 0 Å². The summed E-state index contributed by atoms with van der Waals surface area (Å²) in [7, 11) is 0. The molecule has 0 spiro atoms. The van der Waals surface area contributed by atoms with Crippen molar-refractivity contribution in [2.45, 2.75) is 34.2 Å². The van der Waals surface area contributed by atoms with Crippen LogP contribution in [0, 0.1) is 17.0 Å². The Morgan fingerprint density at radius 3 is 1.70 bits per heavy atom. The van der Waals surface area contributed by atoms with Crippen molar-refractivity contribution in [2.75, 3.05) is 19.8 Å². The Labute approximate surface area is 119 Å². The molecule has 0 fully saturated rings. The van der Waals surface area contributed by atoms with E-state index in [4.69, 9.17) is 14.2 Å². The number of nitro benzene ring substituents is 1.